The first-order valence-electron chi connectivity index (χ1n) is 6.80. The van der Waals surface area contributed by atoms with Crippen molar-refractivity contribution in [1.82, 2.24) is 0 Å². The first-order valence-corrected chi connectivity index (χ1v) is 7.18. The van der Waals surface area contributed by atoms with Crippen LogP contribution in [0.15, 0.2) is 18.2 Å². The Kier molecular flexibility index (Phi) is 4.18. The highest BCUT2D eigenvalue weighted by atomic mass is 35.5. The SMILES string of the molecule is CC(C)CN(c1ccc([C@H](C)N)cc1Cl)C1CC1. The molecule has 0 aliphatic heterocycles. The van der Waals surface area contributed by atoms with E-state index in [1.54, 1.807) is 0 Å². The van der Waals surface area contributed by atoms with Crippen molar-refractivity contribution >= 4 is 17.3 Å². The summed E-state index contributed by atoms with van der Waals surface area (Å²) in [5, 5.41) is 0.831. The molecule has 1 aromatic rings. The molecule has 0 amide bonds. The Morgan fingerprint density at radius 3 is 2.44 bits per heavy atom. The fourth-order valence-corrected chi connectivity index (χ4v) is 2.56. The fourth-order valence-electron chi connectivity index (χ4n) is 2.26. The lowest BCUT2D eigenvalue weighted by molar-refractivity contribution is 0.607. The summed E-state index contributed by atoms with van der Waals surface area (Å²) >= 11 is 6.43. The van der Waals surface area contributed by atoms with Crippen LogP contribution in [-0.4, -0.2) is 12.6 Å². The summed E-state index contributed by atoms with van der Waals surface area (Å²) in [6.45, 7) is 7.55. The summed E-state index contributed by atoms with van der Waals surface area (Å²) in [6, 6.07) is 6.96. The van der Waals surface area contributed by atoms with Crippen LogP contribution in [-0.2, 0) is 0 Å². The van der Waals surface area contributed by atoms with Crippen molar-refractivity contribution in [3.05, 3.63) is 28.8 Å². The van der Waals surface area contributed by atoms with E-state index in [9.17, 15) is 0 Å². The zero-order valence-electron chi connectivity index (χ0n) is 11.5. The molecule has 18 heavy (non-hydrogen) atoms. The van der Waals surface area contributed by atoms with Gasteiger partial charge in [0.15, 0.2) is 0 Å². The maximum absolute atomic E-state index is 6.43. The molecule has 1 aliphatic rings. The minimum absolute atomic E-state index is 0.0380. The Morgan fingerprint density at radius 2 is 2.00 bits per heavy atom. The maximum Gasteiger partial charge on any atom is 0.0642 e. The summed E-state index contributed by atoms with van der Waals surface area (Å²) in [7, 11) is 0. The molecule has 1 aromatic carbocycles. The van der Waals surface area contributed by atoms with E-state index in [0.717, 1.165) is 22.8 Å². The average Bonchev–Trinajstić information content (AvgIpc) is 3.09. The monoisotopic (exact) mass is 266 g/mol. The van der Waals surface area contributed by atoms with Gasteiger partial charge in [-0.3, -0.25) is 0 Å². The van der Waals surface area contributed by atoms with E-state index in [1.165, 1.54) is 12.8 Å². The topological polar surface area (TPSA) is 29.3 Å². The van der Waals surface area contributed by atoms with E-state index in [-0.39, 0.29) is 6.04 Å². The number of hydrogen-bond donors (Lipinski definition) is 1. The average molecular weight is 267 g/mol. The number of hydrogen-bond acceptors (Lipinski definition) is 2. The zero-order chi connectivity index (χ0) is 13.3. The molecule has 1 atom stereocenters. The molecule has 0 bridgehead atoms. The second kappa shape index (κ2) is 5.50. The molecule has 100 valence electrons. The molecule has 0 spiro atoms. The van der Waals surface area contributed by atoms with Crippen molar-refractivity contribution in [2.24, 2.45) is 11.7 Å². The molecule has 1 saturated carbocycles. The predicted molar refractivity (Wildman–Crippen MR) is 79.3 cm³/mol. The van der Waals surface area contributed by atoms with Crippen LogP contribution in [0.5, 0.6) is 0 Å². The summed E-state index contributed by atoms with van der Waals surface area (Å²) in [5.74, 6) is 0.648. The molecular weight excluding hydrogens is 244 g/mol. The highest BCUT2D eigenvalue weighted by Crippen LogP contribution is 2.37. The van der Waals surface area contributed by atoms with E-state index >= 15 is 0 Å². The van der Waals surface area contributed by atoms with Crippen LogP contribution in [0.2, 0.25) is 5.02 Å². The third-order valence-electron chi connectivity index (χ3n) is 3.36. The van der Waals surface area contributed by atoms with Gasteiger partial charge in [-0.25, -0.2) is 0 Å². The number of benzene rings is 1. The number of halogens is 1. The van der Waals surface area contributed by atoms with Crippen molar-refractivity contribution in [3.63, 3.8) is 0 Å². The number of anilines is 1. The van der Waals surface area contributed by atoms with Gasteiger partial charge in [0.25, 0.3) is 0 Å². The standard InChI is InChI=1S/C15H23ClN2/c1-10(2)9-18(13-5-6-13)15-7-4-12(11(3)17)8-14(15)16/h4,7-8,10-11,13H,5-6,9,17H2,1-3H3/t11-/m0/s1. The molecule has 1 aliphatic carbocycles. The van der Waals surface area contributed by atoms with Crippen LogP contribution >= 0.6 is 11.6 Å². The number of rotatable bonds is 5. The molecule has 2 nitrogen and oxygen atoms in total. The second-order valence-corrected chi connectivity index (χ2v) is 6.18. The largest absolute Gasteiger partial charge is 0.367 e. The second-order valence-electron chi connectivity index (χ2n) is 5.78. The zero-order valence-corrected chi connectivity index (χ0v) is 12.2. The van der Waals surface area contributed by atoms with E-state index in [0.29, 0.717) is 12.0 Å². The highest BCUT2D eigenvalue weighted by molar-refractivity contribution is 6.33. The molecule has 0 heterocycles. The smallest absolute Gasteiger partial charge is 0.0642 e. The Balaban J connectivity index is 2.24. The van der Waals surface area contributed by atoms with E-state index in [2.05, 4.69) is 30.9 Å². The van der Waals surface area contributed by atoms with Gasteiger partial charge < -0.3 is 10.6 Å². The number of nitrogens with two attached hydrogens (primary N) is 1. The molecule has 1 fully saturated rings. The van der Waals surface area contributed by atoms with Gasteiger partial charge in [-0.2, -0.15) is 0 Å². The molecule has 2 rings (SSSR count). The van der Waals surface area contributed by atoms with Crippen molar-refractivity contribution < 1.29 is 0 Å². The summed E-state index contributed by atoms with van der Waals surface area (Å²) < 4.78 is 0. The van der Waals surface area contributed by atoms with Crippen molar-refractivity contribution in [2.45, 2.75) is 45.7 Å². The Bertz CT molecular complexity index is 411. The number of nitrogens with zero attached hydrogens (tertiary/aromatic N) is 1. The first kappa shape index (κ1) is 13.7. The highest BCUT2D eigenvalue weighted by Gasteiger charge is 2.30. The predicted octanol–water partition coefficient (Wildman–Crippen LogP) is 3.98. The van der Waals surface area contributed by atoms with Crippen molar-refractivity contribution in [1.29, 1.82) is 0 Å². The quantitative estimate of drug-likeness (QED) is 0.873. The third kappa shape index (κ3) is 3.18. The van der Waals surface area contributed by atoms with E-state index in [4.69, 9.17) is 17.3 Å². The Morgan fingerprint density at radius 1 is 1.33 bits per heavy atom. The van der Waals surface area contributed by atoms with Gasteiger partial charge in [0.2, 0.25) is 0 Å². The maximum atomic E-state index is 6.43. The van der Waals surface area contributed by atoms with E-state index in [1.807, 2.05) is 13.0 Å². The molecule has 0 saturated heterocycles. The summed E-state index contributed by atoms with van der Waals surface area (Å²) in [5.41, 5.74) is 8.15. The van der Waals surface area contributed by atoms with Gasteiger partial charge in [0.1, 0.15) is 0 Å². The first-order chi connectivity index (χ1) is 8.49. The minimum Gasteiger partial charge on any atom is -0.367 e. The fraction of sp³-hybridized carbons (Fsp3) is 0.600. The van der Waals surface area contributed by atoms with Crippen LogP contribution in [0.3, 0.4) is 0 Å². The van der Waals surface area contributed by atoms with Gasteiger partial charge in [-0.1, -0.05) is 31.5 Å². The lowest BCUT2D eigenvalue weighted by atomic mass is 10.1. The molecule has 3 heteroatoms. The lowest BCUT2D eigenvalue weighted by Gasteiger charge is -2.28. The van der Waals surface area contributed by atoms with Crippen LogP contribution in [0, 0.1) is 5.92 Å². The summed E-state index contributed by atoms with van der Waals surface area (Å²) in [6.07, 6.45) is 2.58. The lowest BCUT2D eigenvalue weighted by Crippen LogP contribution is -2.30. The normalized spacial score (nSPS) is 17.0. The third-order valence-corrected chi connectivity index (χ3v) is 3.66. The molecule has 2 N–H and O–H groups in total. The van der Waals surface area contributed by atoms with Crippen molar-refractivity contribution in [3.8, 4) is 0 Å². The minimum atomic E-state index is 0.0380. The molecule has 0 unspecified atom stereocenters. The van der Waals surface area contributed by atoms with Gasteiger partial charge >= 0.3 is 0 Å². The van der Waals surface area contributed by atoms with Crippen LogP contribution in [0.4, 0.5) is 5.69 Å². The van der Waals surface area contributed by atoms with Gasteiger partial charge in [-0.05, 0) is 43.4 Å². The Labute approximate surface area is 115 Å². The molecule has 0 aromatic heterocycles. The van der Waals surface area contributed by atoms with Crippen molar-refractivity contribution in [2.75, 3.05) is 11.4 Å². The van der Waals surface area contributed by atoms with Gasteiger partial charge in [0.05, 0.1) is 10.7 Å². The van der Waals surface area contributed by atoms with Crippen LogP contribution in [0.25, 0.3) is 0 Å². The van der Waals surface area contributed by atoms with Gasteiger partial charge in [-0.15, -0.1) is 0 Å². The van der Waals surface area contributed by atoms with Crippen LogP contribution < -0.4 is 10.6 Å². The molecular formula is C15H23ClN2. The Hall–Kier alpha value is -0.730. The molecule has 0 radical (unpaired) electrons. The summed E-state index contributed by atoms with van der Waals surface area (Å²) in [4.78, 5) is 2.46. The van der Waals surface area contributed by atoms with Gasteiger partial charge in [0, 0.05) is 18.6 Å². The van der Waals surface area contributed by atoms with E-state index < -0.39 is 0 Å². The van der Waals surface area contributed by atoms with Crippen LogP contribution in [0.1, 0.15) is 45.2 Å².